The molecule has 2 rings (SSSR count). The monoisotopic (exact) mass is 332 g/mol. The molecule has 1 aliphatic rings. The van der Waals surface area contributed by atoms with Crippen LogP contribution in [0.2, 0.25) is 0 Å². The molecule has 21 heavy (non-hydrogen) atoms. The number of sulfonamides is 1. The first-order chi connectivity index (χ1) is 9.75. The lowest BCUT2D eigenvalue weighted by Crippen LogP contribution is -2.46. The molecule has 1 aromatic carbocycles. The maximum absolute atomic E-state index is 12.6. The largest absolute Gasteiger partial charge is 0.316 e. The second-order valence-electron chi connectivity index (χ2n) is 5.23. The zero-order chi connectivity index (χ0) is 15.7. The zero-order valence-corrected chi connectivity index (χ0v) is 13.7. The van der Waals surface area contributed by atoms with Crippen molar-refractivity contribution in [3.8, 4) is 0 Å². The molecule has 1 saturated heterocycles. The van der Waals surface area contributed by atoms with Crippen LogP contribution in [0.5, 0.6) is 0 Å². The molecule has 0 aromatic heterocycles. The quantitative estimate of drug-likeness (QED) is 0.866. The lowest BCUT2D eigenvalue weighted by Gasteiger charge is -2.31. The van der Waals surface area contributed by atoms with Crippen molar-refractivity contribution in [1.29, 1.82) is 0 Å². The fourth-order valence-corrected chi connectivity index (χ4v) is 4.56. The summed E-state index contributed by atoms with van der Waals surface area (Å²) in [5, 5.41) is 3.10. The van der Waals surface area contributed by atoms with E-state index in [-0.39, 0.29) is 15.8 Å². The summed E-state index contributed by atoms with van der Waals surface area (Å²) in [5.41, 5.74) is 0. The Bertz CT molecular complexity index is 696. The van der Waals surface area contributed by atoms with Gasteiger partial charge in [-0.05, 0) is 44.2 Å². The van der Waals surface area contributed by atoms with Crippen molar-refractivity contribution in [1.82, 2.24) is 9.62 Å². The first kappa shape index (κ1) is 16.4. The molecule has 0 bridgehead atoms. The average Bonchev–Trinajstić information content (AvgIpc) is 2.46. The number of nitrogens with one attached hydrogen (secondary N) is 1. The third-order valence-corrected chi connectivity index (χ3v) is 6.69. The Morgan fingerprint density at radius 3 is 2.19 bits per heavy atom. The van der Waals surface area contributed by atoms with Gasteiger partial charge in [-0.1, -0.05) is 0 Å². The number of likely N-dealkylation sites (N-methyl/N-ethyl adjacent to an activating group) is 1. The second kappa shape index (κ2) is 6.04. The second-order valence-corrected chi connectivity index (χ2v) is 9.19. The molecule has 0 spiro atoms. The predicted octanol–water partition coefficient (Wildman–Crippen LogP) is 0.463. The van der Waals surface area contributed by atoms with Gasteiger partial charge in [0.1, 0.15) is 0 Å². The number of hydrogen-bond acceptors (Lipinski definition) is 5. The summed E-state index contributed by atoms with van der Waals surface area (Å²) in [4.78, 5) is 0.250. The van der Waals surface area contributed by atoms with Gasteiger partial charge in [-0.25, -0.2) is 16.8 Å². The van der Waals surface area contributed by atoms with E-state index in [2.05, 4.69) is 5.32 Å². The van der Waals surface area contributed by atoms with Crippen LogP contribution in [0, 0.1) is 0 Å². The van der Waals surface area contributed by atoms with E-state index in [1.54, 1.807) is 0 Å². The maximum Gasteiger partial charge on any atom is 0.243 e. The van der Waals surface area contributed by atoms with E-state index in [0.29, 0.717) is 13.1 Å². The molecule has 0 amide bonds. The highest BCUT2D eigenvalue weighted by atomic mass is 32.2. The van der Waals surface area contributed by atoms with Crippen LogP contribution in [-0.2, 0) is 19.9 Å². The van der Waals surface area contributed by atoms with Gasteiger partial charge in [0.2, 0.25) is 10.0 Å². The molecule has 0 radical (unpaired) electrons. The minimum atomic E-state index is -3.57. The maximum atomic E-state index is 12.6. The number of sulfone groups is 1. The fraction of sp³-hybridized carbons (Fsp3) is 0.538. The number of rotatable bonds is 4. The van der Waals surface area contributed by atoms with Gasteiger partial charge >= 0.3 is 0 Å². The highest BCUT2D eigenvalue weighted by molar-refractivity contribution is 7.90. The first-order valence-corrected chi connectivity index (χ1v) is 10.1. The first-order valence-electron chi connectivity index (χ1n) is 6.72. The number of hydrogen-bond donors (Lipinski definition) is 1. The van der Waals surface area contributed by atoms with E-state index in [9.17, 15) is 16.8 Å². The van der Waals surface area contributed by atoms with E-state index in [0.717, 1.165) is 19.1 Å². The van der Waals surface area contributed by atoms with Crippen LogP contribution >= 0.6 is 0 Å². The van der Waals surface area contributed by atoms with Crippen molar-refractivity contribution in [2.24, 2.45) is 0 Å². The van der Waals surface area contributed by atoms with Gasteiger partial charge in [0.05, 0.1) is 9.79 Å². The smallest absolute Gasteiger partial charge is 0.243 e. The van der Waals surface area contributed by atoms with Crippen LogP contribution in [0.4, 0.5) is 0 Å². The summed E-state index contributed by atoms with van der Waals surface area (Å²) in [6.45, 7) is 0.932. The van der Waals surface area contributed by atoms with Crippen molar-refractivity contribution in [2.45, 2.75) is 28.7 Å². The van der Waals surface area contributed by atoms with Crippen molar-refractivity contribution >= 4 is 19.9 Å². The third-order valence-electron chi connectivity index (χ3n) is 3.68. The van der Waals surface area contributed by atoms with Gasteiger partial charge < -0.3 is 5.32 Å². The molecule has 8 heteroatoms. The molecular weight excluding hydrogens is 312 g/mol. The Hall–Kier alpha value is -0.960. The average molecular weight is 332 g/mol. The molecule has 0 aliphatic carbocycles. The summed E-state index contributed by atoms with van der Waals surface area (Å²) in [7, 11) is -5.07. The van der Waals surface area contributed by atoms with Crippen LogP contribution in [0.25, 0.3) is 0 Å². The lowest BCUT2D eigenvalue weighted by atomic mass is 10.1. The Labute approximate surface area is 126 Å². The Morgan fingerprint density at radius 2 is 1.67 bits per heavy atom. The fourth-order valence-electron chi connectivity index (χ4n) is 2.40. The molecule has 1 N–H and O–H groups in total. The number of benzene rings is 1. The molecular formula is C13H20N2O4S2. The normalized spacial score (nSPS) is 21.3. The highest BCUT2D eigenvalue weighted by Crippen LogP contribution is 2.22. The molecule has 1 aliphatic heterocycles. The molecule has 6 nitrogen and oxygen atoms in total. The highest BCUT2D eigenvalue weighted by Gasteiger charge is 2.29. The minimum absolute atomic E-state index is 0.119. The molecule has 1 atom stereocenters. The van der Waals surface area contributed by atoms with Crippen molar-refractivity contribution in [3.63, 3.8) is 0 Å². The van der Waals surface area contributed by atoms with Crippen LogP contribution in [0.15, 0.2) is 34.1 Å². The van der Waals surface area contributed by atoms with E-state index < -0.39 is 19.9 Å². The van der Waals surface area contributed by atoms with E-state index >= 15 is 0 Å². The van der Waals surface area contributed by atoms with E-state index in [4.69, 9.17) is 0 Å². The third kappa shape index (κ3) is 3.63. The molecule has 1 heterocycles. The SMILES string of the molecule is CN[C@H]1CCCN(S(=O)(=O)c2ccc(S(C)(=O)=O)cc2)C1. The summed E-state index contributed by atoms with van der Waals surface area (Å²) in [6, 6.07) is 5.54. The van der Waals surface area contributed by atoms with Gasteiger partial charge in [-0.2, -0.15) is 4.31 Å². The summed E-state index contributed by atoms with van der Waals surface area (Å²) in [6.07, 6.45) is 2.86. The van der Waals surface area contributed by atoms with Crippen molar-refractivity contribution in [3.05, 3.63) is 24.3 Å². The van der Waals surface area contributed by atoms with Crippen molar-refractivity contribution in [2.75, 3.05) is 26.4 Å². The molecule has 0 saturated carbocycles. The standard InChI is InChI=1S/C13H20N2O4S2/c1-14-11-4-3-9-15(10-11)21(18,19)13-7-5-12(6-8-13)20(2,16)17/h5-8,11,14H,3-4,9-10H2,1-2H3/t11-/m0/s1. The molecule has 1 aromatic rings. The van der Waals surface area contributed by atoms with Crippen LogP contribution in [0.1, 0.15) is 12.8 Å². The zero-order valence-electron chi connectivity index (χ0n) is 12.1. The van der Waals surface area contributed by atoms with Crippen LogP contribution in [-0.4, -0.2) is 53.6 Å². The number of piperidine rings is 1. The van der Waals surface area contributed by atoms with Gasteiger partial charge in [-0.3, -0.25) is 0 Å². The van der Waals surface area contributed by atoms with Crippen LogP contribution in [0.3, 0.4) is 0 Å². The van der Waals surface area contributed by atoms with Gasteiger partial charge in [0.25, 0.3) is 0 Å². The summed E-state index contributed by atoms with van der Waals surface area (Å²) < 4.78 is 49.4. The Kier molecular flexibility index (Phi) is 4.72. The number of nitrogens with zero attached hydrogens (tertiary/aromatic N) is 1. The molecule has 1 fully saturated rings. The Balaban J connectivity index is 2.27. The van der Waals surface area contributed by atoms with Crippen molar-refractivity contribution < 1.29 is 16.8 Å². The summed E-state index contributed by atoms with van der Waals surface area (Å²) in [5.74, 6) is 0. The molecule has 0 unspecified atom stereocenters. The minimum Gasteiger partial charge on any atom is -0.316 e. The molecule has 118 valence electrons. The van der Waals surface area contributed by atoms with Crippen LogP contribution < -0.4 is 5.32 Å². The predicted molar refractivity (Wildman–Crippen MR) is 80.4 cm³/mol. The van der Waals surface area contributed by atoms with E-state index in [1.807, 2.05) is 7.05 Å². The van der Waals surface area contributed by atoms with Gasteiger partial charge in [-0.15, -0.1) is 0 Å². The van der Waals surface area contributed by atoms with Gasteiger partial charge in [0.15, 0.2) is 9.84 Å². The summed E-state index contributed by atoms with van der Waals surface area (Å²) >= 11 is 0. The lowest BCUT2D eigenvalue weighted by molar-refractivity contribution is 0.293. The Morgan fingerprint density at radius 1 is 1.10 bits per heavy atom. The van der Waals surface area contributed by atoms with E-state index in [1.165, 1.54) is 28.6 Å². The van der Waals surface area contributed by atoms with Gasteiger partial charge in [0, 0.05) is 25.4 Å². The topological polar surface area (TPSA) is 83.6 Å².